The van der Waals surface area contributed by atoms with E-state index in [1.807, 2.05) is 30.3 Å². The molecule has 13 heavy (non-hydrogen) atoms. The van der Waals surface area contributed by atoms with E-state index in [0.717, 1.165) is 11.8 Å². The van der Waals surface area contributed by atoms with E-state index >= 15 is 0 Å². The van der Waals surface area contributed by atoms with E-state index in [1.54, 1.807) is 0 Å². The maximum absolute atomic E-state index is 10.1. The van der Waals surface area contributed by atoms with Crippen LogP contribution >= 0.6 is 0 Å². The summed E-state index contributed by atoms with van der Waals surface area (Å²) in [5, 5.41) is 0. The molecule has 0 radical (unpaired) electrons. The Bertz CT molecular complexity index is 293. The van der Waals surface area contributed by atoms with Gasteiger partial charge in [-0.3, -0.25) is 0 Å². The summed E-state index contributed by atoms with van der Waals surface area (Å²) in [6.45, 7) is 0.137. The summed E-state index contributed by atoms with van der Waals surface area (Å²) in [7, 11) is 1.54. The Morgan fingerprint density at radius 1 is 1.46 bits per heavy atom. The summed E-state index contributed by atoms with van der Waals surface area (Å²) in [4.78, 5) is 14.1. The molecule has 0 saturated heterocycles. The predicted octanol–water partition coefficient (Wildman–Crippen LogP) is 1.28. The van der Waals surface area contributed by atoms with E-state index in [1.165, 1.54) is 7.11 Å². The fraction of sp³-hybridized carbons (Fsp3) is 0.200. The van der Waals surface area contributed by atoms with Crippen LogP contribution in [0.25, 0.3) is 0 Å². The molecule has 0 aliphatic carbocycles. The van der Waals surface area contributed by atoms with Gasteiger partial charge in [-0.25, -0.2) is 4.99 Å². The van der Waals surface area contributed by atoms with Crippen molar-refractivity contribution in [1.29, 1.82) is 0 Å². The first-order chi connectivity index (χ1) is 6.38. The smallest absolute Gasteiger partial charge is 0.216 e. The Morgan fingerprint density at radius 2 is 2.15 bits per heavy atom. The lowest BCUT2D eigenvalue weighted by atomic mass is 10.2. The van der Waals surface area contributed by atoms with Crippen LogP contribution in [0.1, 0.15) is 5.56 Å². The SMILES string of the molecule is COC(=NCC=O)c1ccccc1. The molecule has 0 aliphatic heterocycles. The highest BCUT2D eigenvalue weighted by Gasteiger charge is 1.99. The van der Waals surface area contributed by atoms with Crippen molar-refractivity contribution in [2.75, 3.05) is 13.7 Å². The number of rotatable bonds is 3. The van der Waals surface area contributed by atoms with Gasteiger partial charge in [0.15, 0.2) is 0 Å². The van der Waals surface area contributed by atoms with Crippen LogP contribution in [-0.4, -0.2) is 25.8 Å². The van der Waals surface area contributed by atoms with Crippen LogP contribution in [0.2, 0.25) is 0 Å². The van der Waals surface area contributed by atoms with Gasteiger partial charge in [0.1, 0.15) is 6.29 Å². The lowest BCUT2D eigenvalue weighted by molar-refractivity contribution is -0.106. The van der Waals surface area contributed by atoms with Gasteiger partial charge in [-0.15, -0.1) is 0 Å². The summed E-state index contributed by atoms with van der Waals surface area (Å²) >= 11 is 0. The number of carbonyl (C=O) groups excluding carboxylic acids is 1. The Balaban J connectivity index is 2.84. The molecule has 0 unspecified atom stereocenters. The highest BCUT2D eigenvalue weighted by Crippen LogP contribution is 2.01. The van der Waals surface area contributed by atoms with Gasteiger partial charge in [0.05, 0.1) is 13.7 Å². The third-order valence-corrected chi connectivity index (χ3v) is 1.52. The zero-order valence-electron chi connectivity index (χ0n) is 7.43. The summed E-state index contributed by atoms with van der Waals surface area (Å²) in [6.07, 6.45) is 0.738. The van der Waals surface area contributed by atoms with Crippen molar-refractivity contribution in [3.8, 4) is 0 Å². The Labute approximate surface area is 77.1 Å². The van der Waals surface area contributed by atoms with E-state index in [-0.39, 0.29) is 6.54 Å². The number of nitrogens with zero attached hydrogens (tertiary/aromatic N) is 1. The van der Waals surface area contributed by atoms with Crippen molar-refractivity contribution in [3.05, 3.63) is 35.9 Å². The molecule has 3 heteroatoms. The maximum Gasteiger partial charge on any atom is 0.216 e. The molecule has 0 amide bonds. The lowest BCUT2D eigenvalue weighted by Crippen LogP contribution is -2.04. The molecule has 0 bridgehead atoms. The molecule has 1 aromatic rings. The minimum absolute atomic E-state index is 0.137. The molecule has 0 spiro atoms. The van der Waals surface area contributed by atoms with Crippen LogP contribution < -0.4 is 0 Å². The second kappa shape index (κ2) is 5.09. The van der Waals surface area contributed by atoms with Crippen molar-refractivity contribution < 1.29 is 9.53 Å². The maximum atomic E-state index is 10.1. The number of aliphatic imine (C=N–C) groups is 1. The van der Waals surface area contributed by atoms with Crippen molar-refractivity contribution in [3.63, 3.8) is 0 Å². The minimum Gasteiger partial charge on any atom is -0.481 e. The van der Waals surface area contributed by atoms with Gasteiger partial charge in [0, 0.05) is 5.56 Å². The zero-order valence-corrected chi connectivity index (χ0v) is 7.43. The average molecular weight is 177 g/mol. The first kappa shape index (κ1) is 9.45. The molecule has 0 N–H and O–H groups in total. The fourth-order valence-electron chi connectivity index (χ4n) is 0.975. The lowest BCUT2D eigenvalue weighted by Gasteiger charge is -2.02. The predicted molar refractivity (Wildman–Crippen MR) is 50.9 cm³/mol. The number of benzene rings is 1. The topological polar surface area (TPSA) is 38.7 Å². The van der Waals surface area contributed by atoms with Crippen LogP contribution in [0.5, 0.6) is 0 Å². The number of aldehydes is 1. The third kappa shape index (κ3) is 2.71. The molecule has 68 valence electrons. The van der Waals surface area contributed by atoms with Crippen LogP contribution in [0, 0.1) is 0 Å². The molecule has 0 saturated carbocycles. The molecule has 0 fully saturated rings. The Morgan fingerprint density at radius 3 is 2.69 bits per heavy atom. The van der Waals surface area contributed by atoms with Gasteiger partial charge in [0.2, 0.25) is 5.90 Å². The average Bonchev–Trinajstić information content (AvgIpc) is 2.21. The van der Waals surface area contributed by atoms with E-state index in [2.05, 4.69) is 4.99 Å². The molecule has 0 aliphatic rings. The molecule has 3 nitrogen and oxygen atoms in total. The second-order valence-corrected chi connectivity index (χ2v) is 2.38. The van der Waals surface area contributed by atoms with Gasteiger partial charge in [-0.05, 0) is 12.1 Å². The summed E-state index contributed by atoms with van der Waals surface area (Å²) in [5.74, 6) is 0.493. The standard InChI is InChI=1S/C10H11NO2/c1-13-10(11-7-8-12)9-5-3-2-4-6-9/h2-6,8H,7H2,1H3. The van der Waals surface area contributed by atoms with E-state index in [9.17, 15) is 4.79 Å². The summed E-state index contributed by atoms with van der Waals surface area (Å²) in [5.41, 5.74) is 0.881. The van der Waals surface area contributed by atoms with Crippen molar-refractivity contribution in [1.82, 2.24) is 0 Å². The largest absolute Gasteiger partial charge is 0.481 e. The first-order valence-electron chi connectivity index (χ1n) is 3.96. The van der Waals surface area contributed by atoms with Crippen LogP contribution in [0.15, 0.2) is 35.3 Å². The quantitative estimate of drug-likeness (QED) is 0.396. The molecular formula is C10H11NO2. The number of hydrogen-bond donors (Lipinski definition) is 0. The highest BCUT2D eigenvalue weighted by atomic mass is 16.5. The second-order valence-electron chi connectivity index (χ2n) is 2.38. The Hall–Kier alpha value is -1.64. The Kier molecular flexibility index (Phi) is 3.70. The van der Waals surface area contributed by atoms with Gasteiger partial charge in [-0.2, -0.15) is 0 Å². The highest BCUT2D eigenvalue weighted by molar-refractivity contribution is 5.94. The molecule has 1 aromatic carbocycles. The van der Waals surface area contributed by atoms with E-state index in [0.29, 0.717) is 5.90 Å². The number of hydrogen-bond acceptors (Lipinski definition) is 3. The number of carbonyl (C=O) groups is 1. The van der Waals surface area contributed by atoms with Crippen LogP contribution in [-0.2, 0) is 9.53 Å². The normalized spacial score (nSPS) is 11.0. The van der Waals surface area contributed by atoms with Crippen molar-refractivity contribution in [2.24, 2.45) is 4.99 Å². The van der Waals surface area contributed by atoms with E-state index < -0.39 is 0 Å². The molecular weight excluding hydrogens is 166 g/mol. The van der Waals surface area contributed by atoms with Crippen LogP contribution in [0.3, 0.4) is 0 Å². The minimum atomic E-state index is 0.137. The monoisotopic (exact) mass is 177 g/mol. The first-order valence-corrected chi connectivity index (χ1v) is 3.96. The molecule has 0 aromatic heterocycles. The zero-order chi connectivity index (χ0) is 9.52. The van der Waals surface area contributed by atoms with Gasteiger partial charge in [-0.1, -0.05) is 18.2 Å². The fourth-order valence-corrected chi connectivity index (χ4v) is 0.975. The van der Waals surface area contributed by atoms with E-state index in [4.69, 9.17) is 4.74 Å². The molecule has 0 atom stereocenters. The van der Waals surface area contributed by atoms with Crippen LogP contribution in [0.4, 0.5) is 0 Å². The summed E-state index contributed by atoms with van der Waals surface area (Å²) < 4.78 is 5.03. The van der Waals surface area contributed by atoms with Crippen molar-refractivity contribution in [2.45, 2.75) is 0 Å². The van der Waals surface area contributed by atoms with Gasteiger partial charge < -0.3 is 9.53 Å². The van der Waals surface area contributed by atoms with Crippen molar-refractivity contribution >= 4 is 12.2 Å². The number of ether oxygens (including phenoxy) is 1. The molecule has 0 heterocycles. The third-order valence-electron chi connectivity index (χ3n) is 1.52. The van der Waals surface area contributed by atoms with Gasteiger partial charge >= 0.3 is 0 Å². The number of methoxy groups -OCH3 is 1. The van der Waals surface area contributed by atoms with Gasteiger partial charge in [0.25, 0.3) is 0 Å². The molecule has 1 rings (SSSR count). The summed E-state index contributed by atoms with van der Waals surface area (Å²) in [6, 6.07) is 9.46.